The lowest BCUT2D eigenvalue weighted by atomic mass is 9.80. The predicted molar refractivity (Wildman–Crippen MR) is 127 cm³/mol. The molecule has 4 rings (SSSR count). The van der Waals surface area contributed by atoms with Crippen LogP contribution < -0.4 is 0 Å². The first kappa shape index (κ1) is 23.0. The number of rotatable bonds is 8. The molecule has 4 heteroatoms. The third-order valence-electron chi connectivity index (χ3n) is 7.62. The topological polar surface area (TPSA) is 46.5 Å². The molecular weight excluding hydrogens is 398 g/mol. The summed E-state index contributed by atoms with van der Waals surface area (Å²) in [7, 11) is 2.28. The van der Waals surface area contributed by atoms with Crippen LogP contribution in [-0.4, -0.2) is 48.3 Å². The van der Waals surface area contributed by atoms with Crippen molar-refractivity contribution in [3.63, 3.8) is 0 Å². The number of esters is 1. The summed E-state index contributed by atoms with van der Waals surface area (Å²) in [6.07, 6.45) is 7.87. The van der Waals surface area contributed by atoms with Crippen molar-refractivity contribution in [2.45, 2.75) is 63.1 Å². The number of aliphatic hydroxyl groups is 1. The number of benzene rings is 2. The Kier molecular flexibility index (Phi) is 7.32. The number of carbonyl (C=O) groups excluding carboxylic acids is 1. The van der Waals surface area contributed by atoms with Gasteiger partial charge in [-0.1, -0.05) is 73.5 Å². The van der Waals surface area contributed by atoms with Gasteiger partial charge >= 0.3 is 5.97 Å². The number of hydrogen-bond donors (Lipinski definition) is 1. The van der Waals surface area contributed by atoms with Crippen molar-refractivity contribution >= 4 is 5.97 Å². The number of nitrogens with zero attached hydrogens (tertiary/aromatic N) is 1. The lowest BCUT2D eigenvalue weighted by Crippen LogP contribution is -2.55. The van der Waals surface area contributed by atoms with E-state index in [1.807, 2.05) is 30.3 Å². The summed E-state index contributed by atoms with van der Waals surface area (Å²) < 4.78 is 7.01. The van der Waals surface area contributed by atoms with E-state index in [9.17, 15) is 9.90 Å². The maximum Gasteiger partial charge on any atom is 0.343 e. The van der Waals surface area contributed by atoms with Gasteiger partial charge in [0.1, 0.15) is 6.54 Å². The predicted octanol–water partition coefficient (Wildman–Crippen LogP) is 4.85. The molecule has 2 aliphatic rings. The first-order chi connectivity index (χ1) is 15.5. The molecule has 1 aliphatic heterocycles. The maximum absolute atomic E-state index is 13.5. The fourth-order valence-electron chi connectivity index (χ4n) is 5.78. The second-order valence-electron chi connectivity index (χ2n) is 10.1. The van der Waals surface area contributed by atoms with Crippen LogP contribution in [0.5, 0.6) is 0 Å². The molecule has 3 atom stereocenters. The molecule has 2 aromatic rings. The third-order valence-corrected chi connectivity index (χ3v) is 7.62. The molecule has 2 fully saturated rings. The minimum absolute atomic E-state index is 0.0623. The smallest absolute Gasteiger partial charge is 0.343 e. The second kappa shape index (κ2) is 10.2. The third kappa shape index (κ3) is 5.24. The van der Waals surface area contributed by atoms with Gasteiger partial charge in [-0.2, -0.15) is 0 Å². The Labute approximate surface area is 192 Å². The number of ether oxygens (including phenoxy) is 1. The zero-order chi connectivity index (χ0) is 22.4. The van der Waals surface area contributed by atoms with Gasteiger partial charge in [0.2, 0.25) is 0 Å². The average Bonchev–Trinajstić information content (AvgIpc) is 3.35. The Morgan fingerprint density at radius 2 is 1.66 bits per heavy atom. The molecule has 1 aliphatic carbocycles. The number of hydrogen-bond acceptors (Lipinski definition) is 3. The molecule has 1 heterocycles. The Morgan fingerprint density at radius 3 is 2.34 bits per heavy atom. The monoisotopic (exact) mass is 436 g/mol. The van der Waals surface area contributed by atoms with Crippen molar-refractivity contribution in [3.05, 3.63) is 71.8 Å². The van der Waals surface area contributed by atoms with Gasteiger partial charge in [0.05, 0.1) is 20.1 Å². The Morgan fingerprint density at radius 1 is 1.00 bits per heavy atom. The molecule has 0 amide bonds. The number of likely N-dealkylation sites (tertiary alicyclic amines) is 1. The highest BCUT2D eigenvalue weighted by Gasteiger charge is 2.49. The van der Waals surface area contributed by atoms with E-state index in [1.54, 1.807) is 0 Å². The minimum Gasteiger partial charge on any atom is -0.454 e. The summed E-state index contributed by atoms with van der Waals surface area (Å²) in [6, 6.07) is 20.1. The fourth-order valence-corrected chi connectivity index (χ4v) is 5.78. The largest absolute Gasteiger partial charge is 0.454 e. The SMILES string of the molecule is C[N+]1(CCCc2ccccc2)CCCC(OC(=O)[C@](O)(c2ccccc2)C2CCCC2)C1. The average molecular weight is 437 g/mol. The van der Waals surface area contributed by atoms with Crippen molar-refractivity contribution in [2.24, 2.45) is 5.92 Å². The van der Waals surface area contributed by atoms with Gasteiger partial charge in [0.15, 0.2) is 11.7 Å². The standard InChI is InChI=1S/C28H38NO3/c1-29(20-10-14-23-12-4-2-5-13-23)21-11-19-26(22-29)32-27(30)28(31,25-17-8-9-18-25)24-15-6-3-7-16-24/h2-7,12-13,15-16,25-26,31H,8-11,14,17-22H2,1H3/q+1/t26?,28-,29?/m0/s1. The van der Waals surface area contributed by atoms with Crippen LogP contribution in [0.25, 0.3) is 0 Å². The van der Waals surface area contributed by atoms with Crippen LogP contribution in [0, 0.1) is 5.92 Å². The van der Waals surface area contributed by atoms with E-state index >= 15 is 0 Å². The molecule has 1 saturated carbocycles. The number of quaternary nitrogens is 1. The first-order valence-corrected chi connectivity index (χ1v) is 12.4. The van der Waals surface area contributed by atoms with Crippen LogP contribution in [-0.2, 0) is 21.6 Å². The number of piperidine rings is 1. The lowest BCUT2D eigenvalue weighted by Gasteiger charge is -2.42. The molecule has 0 aromatic heterocycles. The van der Waals surface area contributed by atoms with Crippen molar-refractivity contribution < 1.29 is 19.1 Å². The van der Waals surface area contributed by atoms with Gasteiger partial charge in [0, 0.05) is 18.8 Å². The van der Waals surface area contributed by atoms with Gasteiger partial charge in [0.25, 0.3) is 0 Å². The van der Waals surface area contributed by atoms with Crippen LogP contribution in [0.15, 0.2) is 60.7 Å². The van der Waals surface area contributed by atoms with E-state index in [-0.39, 0.29) is 12.0 Å². The van der Waals surface area contributed by atoms with Gasteiger partial charge in [-0.3, -0.25) is 0 Å². The molecule has 4 nitrogen and oxygen atoms in total. The van der Waals surface area contributed by atoms with E-state index in [0.717, 1.165) is 75.5 Å². The fraction of sp³-hybridized carbons (Fsp3) is 0.536. The minimum atomic E-state index is -1.54. The van der Waals surface area contributed by atoms with Gasteiger partial charge in [-0.15, -0.1) is 0 Å². The number of likely N-dealkylation sites (N-methyl/N-ethyl adjacent to an activating group) is 1. The quantitative estimate of drug-likeness (QED) is 0.475. The highest BCUT2D eigenvalue weighted by molar-refractivity contribution is 5.81. The zero-order valence-electron chi connectivity index (χ0n) is 19.4. The van der Waals surface area contributed by atoms with Gasteiger partial charge in [-0.05, 0) is 36.8 Å². The maximum atomic E-state index is 13.5. The molecular formula is C28H38NO3+. The van der Waals surface area contributed by atoms with Crippen molar-refractivity contribution in [3.8, 4) is 0 Å². The molecule has 1 saturated heterocycles. The normalized spacial score (nSPS) is 25.9. The van der Waals surface area contributed by atoms with Crippen molar-refractivity contribution in [1.82, 2.24) is 0 Å². The second-order valence-corrected chi connectivity index (χ2v) is 10.1. The molecule has 0 bridgehead atoms. The Bertz CT molecular complexity index is 865. The van der Waals surface area contributed by atoms with Crippen LogP contribution in [0.2, 0.25) is 0 Å². The first-order valence-electron chi connectivity index (χ1n) is 12.4. The summed E-state index contributed by atoms with van der Waals surface area (Å²) in [5, 5.41) is 11.7. The van der Waals surface area contributed by atoms with Gasteiger partial charge in [-0.25, -0.2) is 4.79 Å². The highest BCUT2D eigenvalue weighted by Crippen LogP contribution is 2.42. The molecule has 172 valence electrons. The molecule has 0 spiro atoms. The van der Waals surface area contributed by atoms with E-state index < -0.39 is 11.6 Å². The molecule has 32 heavy (non-hydrogen) atoms. The molecule has 0 radical (unpaired) electrons. The zero-order valence-corrected chi connectivity index (χ0v) is 19.4. The Balaban J connectivity index is 1.40. The highest BCUT2D eigenvalue weighted by atomic mass is 16.6. The van der Waals surface area contributed by atoms with Crippen LogP contribution >= 0.6 is 0 Å². The summed E-state index contributed by atoms with van der Waals surface area (Å²) in [6.45, 7) is 3.03. The van der Waals surface area contributed by atoms with Crippen molar-refractivity contribution in [2.75, 3.05) is 26.7 Å². The summed E-state index contributed by atoms with van der Waals surface area (Å²) >= 11 is 0. The number of carbonyl (C=O) groups is 1. The summed E-state index contributed by atoms with van der Waals surface area (Å²) in [5.74, 6) is -0.508. The van der Waals surface area contributed by atoms with E-state index in [0.29, 0.717) is 5.56 Å². The lowest BCUT2D eigenvalue weighted by molar-refractivity contribution is -0.917. The summed E-state index contributed by atoms with van der Waals surface area (Å²) in [5.41, 5.74) is 0.516. The Hall–Kier alpha value is -2.17. The van der Waals surface area contributed by atoms with Crippen LogP contribution in [0.1, 0.15) is 56.1 Å². The number of aryl methyl sites for hydroxylation is 1. The van der Waals surface area contributed by atoms with Gasteiger partial charge < -0.3 is 14.3 Å². The molecule has 2 aromatic carbocycles. The van der Waals surface area contributed by atoms with Crippen LogP contribution in [0.4, 0.5) is 0 Å². The van der Waals surface area contributed by atoms with E-state index in [2.05, 4.69) is 37.4 Å². The van der Waals surface area contributed by atoms with E-state index in [4.69, 9.17) is 4.74 Å². The molecule has 2 unspecified atom stereocenters. The molecule has 1 N–H and O–H groups in total. The summed E-state index contributed by atoms with van der Waals surface area (Å²) in [4.78, 5) is 13.5. The van der Waals surface area contributed by atoms with Crippen molar-refractivity contribution in [1.29, 1.82) is 0 Å². The van der Waals surface area contributed by atoms with E-state index in [1.165, 1.54) is 5.56 Å². The van der Waals surface area contributed by atoms with Crippen LogP contribution in [0.3, 0.4) is 0 Å².